The van der Waals surface area contributed by atoms with Gasteiger partial charge < -0.3 is 15.2 Å². The van der Waals surface area contributed by atoms with E-state index < -0.39 is 17.6 Å². The minimum absolute atomic E-state index is 0.0584. The van der Waals surface area contributed by atoms with Gasteiger partial charge in [-0.05, 0) is 54.3 Å². The molecule has 7 heteroatoms. The van der Waals surface area contributed by atoms with Crippen LogP contribution in [-0.4, -0.2) is 11.1 Å². The lowest BCUT2D eigenvalue weighted by Gasteiger charge is -2.24. The molecule has 0 saturated heterocycles. The van der Waals surface area contributed by atoms with Crippen molar-refractivity contribution in [1.82, 2.24) is 0 Å². The Balaban J connectivity index is 1.59. The number of halogens is 2. The van der Waals surface area contributed by atoms with E-state index in [0.717, 1.165) is 11.6 Å². The lowest BCUT2D eigenvalue weighted by atomic mass is 10.0. The van der Waals surface area contributed by atoms with Gasteiger partial charge in [-0.15, -0.1) is 0 Å². The van der Waals surface area contributed by atoms with Crippen LogP contribution in [0.2, 0.25) is 0 Å². The van der Waals surface area contributed by atoms with Crippen molar-refractivity contribution >= 4 is 17.3 Å². The normalized spacial score (nSPS) is 11.5. The van der Waals surface area contributed by atoms with Crippen molar-refractivity contribution in [2.24, 2.45) is 0 Å². The molecule has 0 aliphatic carbocycles. The summed E-state index contributed by atoms with van der Waals surface area (Å²) in [5.74, 6) is -2.16. The van der Waals surface area contributed by atoms with E-state index >= 15 is 0 Å². The molecule has 2 N–H and O–H groups in total. The Morgan fingerprint density at radius 2 is 1.72 bits per heavy atom. The number of hydrogen-bond donors (Lipinski definition) is 2. The summed E-state index contributed by atoms with van der Waals surface area (Å²) >= 11 is 0. The molecule has 0 atom stereocenters. The van der Waals surface area contributed by atoms with Crippen molar-refractivity contribution in [2.75, 3.05) is 5.32 Å². The van der Waals surface area contributed by atoms with E-state index in [9.17, 15) is 18.7 Å². The second kappa shape index (κ2) is 7.24. The summed E-state index contributed by atoms with van der Waals surface area (Å²) in [4.78, 5) is 11.6. The number of ether oxygens (including phenoxy) is 1. The van der Waals surface area contributed by atoms with Crippen LogP contribution in [0.15, 0.2) is 48.5 Å². The Morgan fingerprint density at radius 1 is 1.00 bits per heavy atom. The number of carboxylic acid groups (broad SMARTS) is 1. The SMILES string of the molecule is N#Cc1cc2c(c(C(=O)O)c1)Nc1cc(CCc3ccc(F)c(F)c3)ccc1O2. The Hall–Kier alpha value is -3.92. The summed E-state index contributed by atoms with van der Waals surface area (Å²) in [7, 11) is 0. The number of carboxylic acids is 1. The van der Waals surface area contributed by atoms with Gasteiger partial charge in [0.15, 0.2) is 23.1 Å². The van der Waals surface area contributed by atoms with Crippen molar-refractivity contribution in [3.8, 4) is 17.6 Å². The molecule has 0 radical (unpaired) electrons. The molecular formula is C22H14F2N2O3. The van der Waals surface area contributed by atoms with Gasteiger partial charge in [0.1, 0.15) is 0 Å². The van der Waals surface area contributed by atoms with E-state index in [2.05, 4.69) is 5.32 Å². The standard InChI is InChI=1S/C22H14F2N2O3/c23-16-5-3-12(8-17(16)24)1-2-13-4-6-19-18(9-13)26-21-15(22(27)28)7-14(11-25)10-20(21)29-19/h3-10,26H,1-2H2,(H,27,28). The predicted octanol–water partition coefficient (Wildman–Crippen LogP) is 5.17. The summed E-state index contributed by atoms with van der Waals surface area (Å²) < 4.78 is 32.2. The van der Waals surface area contributed by atoms with Crippen molar-refractivity contribution in [3.63, 3.8) is 0 Å². The highest BCUT2D eigenvalue weighted by Gasteiger charge is 2.24. The molecule has 3 aromatic carbocycles. The smallest absolute Gasteiger partial charge is 0.338 e. The van der Waals surface area contributed by atoms with E-state index in [4.69, 9.17) is 10.00 Å². The maximum absolute atomic E-state index is 13.4. The van der Waals surface area contributed by atoms with Crippen LogP contribution in [0, 0.1) is 23.0 Å². The van der Waals surface area contributed by atoms with Crippen molar-refractivity contribution in [1.29, 1.82) is 5.26 Å². The fraction of sp³-hybridized carbons (Fsp3) is 0.0909. The topological polar surface area (TPSA) is 82.4 Å². The molecule has 29 heavy (non-hydrogen) atoms. The van der Waals surface area contributed by atoms with Gasteiger partial charge in [-0.1, -0.05) is 12.1 Å². The second-order valence-electron chi connectivity index (χ2n) is 6.62. The molecule has 144 valence electrons. The van der Waals surface area contributed by atoms with Crippen molar-refractivity contribution in [2.45, 2.75) is 12.8 Å². The van der Waals surface area contributed by atoms with E-state index in [-0.39, 0.29) is 22.6 Å². The van der Waals surface area contributed by atoms with Gasteiger partial charge in [0.2, 0.25) is 0 Å². The van der Waals surface area contributed by atoms with Gasteiger partial charge in [-0.25, -0.2) is 13.6 Å². The number of anilines is 2. The molecular weight excluding hydrogens is 378 g/mol. The quantitative estimate of drug-likeness (QED) is 0.501. The first-order chi connectivity index (χ1) is 13.9. The predicted molar refractivity (Wildman–Crippen MR) is 102 cm³/mol. The number of nitriles is 1. The first-order valence-electron chi connectivity index (χ1n) is 8.78. The van der Waals surface area contributed by atoms with E-state index in [1.54, 1.807) is 12.1 Å². The molecule has 0 aromatic heterocycles. The van der Waals surface area contributed by atoms with Gasteiger partial charge in [-0.2, -0.15) is 5.26 Å². The average molecular weight is 392 g/mol. The van der Waals surface area contributed by atoms with Gasteiger partial charge in [0, 0.05) is 6.07 Å². The van der Waals surface area contributed by atoms with E-state index in [1.807, 2.05) is 18.2 Å². The number of aryl methyl sites for hydroxylation is 2. The van der Waals surface area contributed by atoms with Crippen LogP contribution in [-0.2, 0) is 12.8 Å². The second-order valence-corrected chi connectivity index (χ2v) is 6.62. The monoisotopic (exact) mass is 392 g/mol. The minimum Gasteiger partial charge on any atom is -0.478 e. The zero-order valence-electron chi connectivity index (χ0n) is 15.0. The Labute approximate surface area is 164 Å². The molecule has 0 unspecified atom stereocenters. The third kappa shape index (κ3) is 3.60. The first-order valence-corrected chi connectivity index (χ1v) is 8.78. The maximum atomic E-state index is 13.4. The molecule has 5 nitrogen and oxygen atoms in total. The zero-order valence-corrected chi connectivity index (χ0v) is 15.0. The number of aromatic carboxylic acids is 1. The summed E-state index contributed by atoms with van der Waals surface area (Å²) in [6.45, 7) is 0. The van der Waals surface area contributed by atoms with Gasteiger partial charge >= 0.3 is 5.97 Å². The van der Waals surface area contributed by atoms with E-state index in [0.29, 0.717) is 29.8 Å². The fourth-order valence-electron chi connectivity index (χ4n) is 3.21. The molecule has 0 bridgehead atoms. The van der Waals surface area contributed by atoms with Gasteiger partial charge in [0.25, 0.3) is 0 Å². The number of nitrogens with zero attached hydrogens (tertiary/aromatic N) is 1. The van der Waals surface area contributed by atoms with Crippen LogP contribution in [0.3, 0.4) is 0 Å². The third-order valence-corrected chi connectivity index (χ3v) is 4.67. The molecule has 3 aromatic rings. The Bertz CT molecular complexity index is 1190. The minimum atomic E-state index is -1.17. The number of benzene rings is 3. The third-order valence-electron chi connectivity index (χ3n) is 4.67. The van der Waals surface area contributed by atoms with Gasteiger partial charge in [-0.3, -0.25) is 0 Å². The van der Waals surface area contributed by atoms with Crippen molar-refractivity contribution in [3.05, 3.63) is 82.4 Å². The van der Waals surface area contributed by atoms with E-state index in [1.165, 1.54) is 18.2 Å². The molecule has 4 rings (SSSR count). The number of hydrogen-bond acceptors (Lipinski definition) is 4. The van der Waals surface area contributed by atoms with Crippen LogP contribution in [0.5, 0.6) is 11.5 Å². The Morgan fingerprint density at radius 3 is 2.41 bits per heavy atom. The highest BCUT2D eigenvalue weighted by molar-refractivity contribution is 5.99. The maximum Gasteiger partial charge on any atom is 0.338 e. The first kappa shape index (κ1) is 18.4. The van der Waals surface area contributed by atoms with Crippen molar-refractivity contribution < 1.29 is 23.4 Å². The number of carbonyl (C=O) groups is 1. The molecule has 0 amide bonds. The lowest BCUT2D eigenvalue weighted by Crippen LogP contribution is -2.10. The number of fused-ring (bicyclic) bond motifs is 2. The molecule has 1 aliphatic rings. The van der Waals surface area contributed by atoms with Crippen LogP contribution in [0.4, 0.5) is 20.2 Å². The van der Waals surface area contributed by atoms with Gasteiger partial charge in [0.05, 0.1) is 28.6 Å². The Kier molecular flexibility index (Phi) is 4.61. The number of nitrogens with one attached hydrogen (secondary N) is 1. The number of rotatable bonds is 4. The van der Waals surface area contributed by atoms with Crippen LogP contribution in [0.1, 0.15) is 27.0 Å². The highest BCUT2D eigenvalue weighted by atomic mass is 19.2. The summed E-state index contributed by atoms with van der Waals surface area (Å²) in [5.41, 5.74) is 2.59. The summed E-state index contributed by atoms with van der Waals surface area (Å²) in [6.07, 6.45) is 1.09. The lowest BCUT2D eigenvalue weighted by molar-refractivity contribution is 0.0697. The molecule has 0 fully saturated rings. The zero-order chi connectivity index (χ0) is 20.5. The average Bonchev–Trinajstić information content (AvgIpc) is 2.72. The largest absolute Gasteiger partial charge is 0.478 e. The summed E-state index contributed by atoms with van der Waals surface area (Å²) in [6, 6.07) is 13.9. The van der Waals surface area contributed by atoms with Crippen LogP contribution >= 0.6 is 0 Å². The van der Waals surface area contributed by atoms with Crippen LogP contribution in [0.25, 0.3) is 0 Å². The molecule has 0 saturated carbocycles. The molecule has 1 aliphatic heterocycles. The molecule has 1 heterocycles. The van der Waals surface area contributed by atoms with Crippen LogP contribution < -0.4 is 10.1 Å². The summed E-state index contributed by atoms with van der Waals surface area (Å²) in [5, 5.41) is 21.6. The fourth-order valence-corrected chi connectivity index (χ4v) is 3.21. The molecule has 0 spiro atoms. The highest BCUT2D eigenvalue weighted by Crippen LogP contribution is 2.44.